The molecule has 2 aliphatic heterocycles. The Labute approximate surface area is 166 Å². The summed E-state index contributed by atoms with van der Waals surface area (Å²) in [4.78, 5) is 27.4. The fourth-order valence-electron chi connectivity index (χ4n) is 4.53. The van der Waals surface area contributed by atoms with Crippen LogP contribution in [0.25, 0.3) is 10.9 Å². The Kier molecular flexibility index (Phi) is 4.19. The first-order valence-electron chi connectivity index (χ1n) is 9.69. The molecule has 3 aromatic rings. The second-order valence-electron chi connectivity index (χ2n) is 7.64. The van der Waals surface area contributed by atoms with Gasteiger partial charge in [0.1, 0.15) is 5.69 Å². The third-order valence-corrected chi connectivity index (χ3v) is 5.80. The second kappa shape index (κ2) is 6.88. The summed E-state index contributed by atoms with van der Waals surface area (Å²) in [5.74, 6) is 0.126. The van der Waals surface area contributed by atoms with Crippen LogP contribution in [-0.2, 0) is 11.3 Å². The number of methoxy groups -OCH3 is 1. The molecule has 0 spiro atoms. The number of benzene rings is 1. The van der Waals surface area contributed by atoms with Crippen LogP contribution in [0.5, 0.6) is 0 Å². The number of ether oxygens (including phenoxy) is 1. The SMILES string of the molecule is COC(=O)c1[nH]c2ccccc2c1N=NN1C[C@@H]2C[C@H](C1)c1cccc(=O)n1C2. The molecule has 1 N–H and O–H groups in total. The van der Waals surface area contributed by atoms with Gasteiger partial charge in [-0.25, -0.2) is 4.79 Å². The Morgan fingerprint density at radius 2 is 2.00 bits per heavy atom. The number of nitrogens with zero attached hydrogens (tertiary/aromatic N) is 4. The highest BCUT2D eigenvalue weighted by molar-refractivity contribution is 6.04. The first-order chi connectivity index (χ1) is 14.1. The topological polar surface area (TPSA) is 92.1 Å². The van der Waals surface area contributed by atoms with Crippen LogP contribution in [0.3, 0.4) is 0 Å². The van der Waals surface area contributed by atoms with Crippen LogP contribution in [0, 0.1) is 5.92 Å². The van der Waals surface area contributed by atoms with Crippen molar-refractivity contribution in [1.82, 2.24) is 14.6 Å². The number of H-pyrrole nitrogens is 1. The zero-order valence-corrected chi connectivity index (χ0v) is 16.0. The first-order valence-corrected chi connectivity index (χ1v) is 9.69. The van der Waals surface area contributed by atoms with Gasteiger partial charge < -0.3 is 14.3 Å². The van der Waals surface area contributed by atoms with Gasteiger partial charge in [-0.15, -0.1) is 5.11 Å². The van der Waals surface area contributed by atoms with Crippen LogP contribution in [0.15, 0.2) is 57.6 Å². The largest absolute Gasteiger partial charge is 0.464 e. The molecule has 1 fully saturated rings. The number of carbonyl (C=O) groups is 1. The van der Waals surface area contributed by atoms with E-state index in [9.17, 15) is 9.59 Å². The van der Waals surface area contributed by atoms with Gasteiger partial charge in [0, 0.05) is 48.2 Å². The molecule has 2 aromatic heterocycles. The van der Waals surface area contributed by atoms with Gasteiger partial charge in [-0.1, -0.05) is 29.5 Å². The van der Waals surface area contributed by atoms with Crippen molar-refractivity contribution in [1.29, 1.82) is 0 Å². The van der Waals surface area contributed by atoms with E-state index in [2.05, 4.69) is 15.3 Å². The maximum absolute atomic E-state index is 12.2. The summed E-state index contributed by atoms with van der Waals surface area (Å²) < 4.78 is 6.78. The zero-order valence-electron chi connectivity index (χ0n) is 16.0. The summed E-state index contributed by atoms with van der Waals surface area (Å²) in [6, 6.07) is 13.1. The molecule has 1 aromatic carbocycles. The molecule has 4 heterocycles. The number of nitrogens with one attached hydrogen (secondary N) is 1. The summed E-state index contributed by atoms with van der Waals surface area (Å²) in [7, 11) is 1.35. The predicted octanol–water partition coefficient (Wildman–Crippen LogP) is 3.23. The number of esters is 1. The number of fused-ring (bicyclic) bond motifs is 5. The molecule has 8 nitrogen and oxygen atoms in total. The lowest BCUT2D eigenvalue weighted by atomic mass is 9.84. The normalized spacial score (nSPS) is 20.8. The van der Waals surface area contributed by atoms with Gasteiger partial charge in [0.15, 0.2) is 5.69 Å². The molecule has 2 bridgehead atoms. The number of rotatable bonds is 3. The number of hydrogen-bond donors (Lipinski definition) is 1. The van der Waals surface area contributed by atoms with E-state index in [1.807, 2.05) is 46.0 Å². The van der Waals surface area contributed by atoms with Crippen molar-refractivity contribution in [3.05, 3.63) is 64.2 Å². The van der Waals surface area contributed by atoms with E-state index in [-0.39, 0.29) is 11.5 Å². The quantitative estimate of drug-likeness (QED) is 0.548. The Hall–Kier alpha value is -3.42. The smallest absolute Gasteiger partial charge is 0.356 e. The molecule has 0 aliphatic carbocycles. The van der Waals surface area contributed by atoms with Crippen LogP contribution in [-0.4, -0.2) is 40.7 Å². The molecule has 2 atom stereocenters. The molecule has 1 saturated heterocycles. The Balaban J connectivity index is 1.46. The number of carbonyl (C=O) groups excluding carboxylic acids is 1. The maximum Gasteiger partial charge on any atom is 0.356 e. The molecular weight excluding hydrogens is 370 g/mol. The maximum atomic E-state index is 12.2. The summed E-state index contributed by atoms with van der Waals surface area (Å²) in [5.41, 5.74) is 2.72. The Morgan fingerprint density at radius 3 is 2.86 bits per heavy atom. The molecule has 0 amide bonds. The second-order valence-corrected chi connectivity index (χ2v) is 7.64. The molecule has 148 valence electrons. The summed E-state index contributed by atoms with van der Waals surface area (Å²) in [6.45, 7) is 2.13. The third kappa shape index (κ3) is 3.00. The number of para-hydroxylation sites is 1. The Bertz CT molecular complexity index is 1180. The van der Waals surface area contributed by atoms with Crippen molar-refractivity contribution < 1.29 is 9.53 Å². The van der Waals surface area contributed by atoms with Crippen molar-refractivity contribution in [2.45, 2.75) is 18.9 Å². The summed E-state index contributed by atoms with van der Waals surface area (Å²) in [5, 5.41) is 11.7. The molecule has 5 rings (SSSR count). The van der Waals surface area contributed by atoms with E-state index >= 15 is 0 Å². The van der Waals surface area contributed by atoms with Crippen LogP contribution in [0.1, 0.15) is 28.5 Å². The number of hydrogen-bond acceptors (Lipinski definition) is 5. The highest BCUT2D eigenvalue weighted by atomic mass is 16.5. The fourth-order valence-corrected chi connectivity index (χ4v) is 4.53. The summed E-state index contributed by atoms with van der Waals surface area (Å²) in [6.07, 6.45) is 1.05. The first kappa shape index (κ1) is 17.7. The number of pyridine rings is 1. The Morgan fingerprint density at radius 1 is 1.14 bits per heavy atom. The van der Waals surface area contributed by atoms with E-state index < -0.39 is 5.97 Å². The zero-order chi connectivity index (χ0) is 20.0. The number of aromatic amines is 1. The molecular formula is C21H21N5O3. The highest BCUT2D eigenvalue weighted by Crippen LogP contribution is 2.36. The van der Waals surface area contributed by atoms with Gasteiger partial charge >= 0.3 is 5.97 Å². The van der Waals surface area contributed by atoms with Crippen molar-refractivity contribution >= 4 is 22.6 Å². The fraction of sp³-hybridized carbons (Fsp3) is 0.333. The van der Waals surface area contributed by atoms with Crippen molar-refractivity contribution in [3.63, 3.8) is 0 Å². The molecule has 0 unspecified atom stereocenters. The van der Waals surface area contributed by atoms with Gasteiger partial charge in [-0.3, -0.25) is 9.80 Å². The molecule has 0 saturated carbocycles. The van der Waals surface area contributed by atoms with Crippen LogP contribution >= 0.6 is 0 Å². The lowest BCUT2D eigenvalue weighted by molar-refractivity contribution is 0.0595. The monoisotopic (exact) mass is 391 g/mol. The van der Waals surface area contributed by atoms with Crippen LogP contribution in [0.4, 0.5) is 5.69 Å². The van der Waals surface area contributed by atoms with Gasteiger partial charge in [0.2, 0.25) is 0 Å². The minimum absolute atomic E-state index is 0.0637. The average molecular weight is 391 g/mol. The van der Waals surface area contributed by atoms with Crippen molar-refractivity contribution in [3.8, 4) is 0 Å². The van der Waals surface area contributed by atoms with Crippen molar-refractivity contribution in [2.75, 3.05) is 20.2 Å². The predicted molar refractivity (Wildman–Crippen MR) is 107 cm³/mol. The number of piperidine rings is 1. The van der Waals surface area contributed by atoms with E-state index in [1.54, 1.807) is 6.07 Å². The van der Waals surface area contributed by atoms with Crippen LogP contribution < -0.4 is 5.56 Å². The molecule has 0 radical (unpaired) electrons. The van der Waals surface area contributed by atoms with Gasteiger partial charge in [0.25, 0.3) is 5.56 Å². The van der Waals surface area contributed by atoms with Gasteiger partial charge in [-0.2, -0.15) is 0 Å². The minimum atomic E-state index is -0.473. The summed E-state index contributed by atoms with van der Waals surface area (Å²) >= 11 is 0. The highest BCUT2D eigenvalue weighted by Gasteiger charge is 2.34. The van der Waals surface area contributed by atoms with Crippen molar-refractivity contribution in [2.24, 2.45) is 16.3 Å². The van der Waals surface area contributed by atoms with E-state index in [4.69, 9.17) is 4.74 Å². The molecule has 8 heteroatoms. The van der Waals surface area contributed by atoms with E-state index in [0.717, 1.165) is 29.6 Å². The van der Waals surface area contributed by atoms with Crippen LogP contribution in [0.2, 0.25) is 0 Å². The lowest BCUT2D eigenvalue weighted by Crippen LogP contribution is -2.45. The molecule has 2 aliphatic rings. The molecule has 29 heavy (non-hydrogen) atoms. The van der Waals surface area contributed by atoms with Gasteiger partial charge in [0.05, 0.1) is 7.11 Å². The van der Waals surface area contributed by atoms with E-state index in [1.165, 1.54) is 7.11 Å². The average Bonchev–Trinajstić information content (AvgIpc) is 3.11. The minimum Gasteiger partial charge on any atom is -0.464 e. The standard InChI is InChI=1S/C21H21N5O3/c1-29-21(28)20-19(15-5-2-3-6-16(15)22-20)23-24-25-10-13-9-14(12-25)17-7-4-8-18(27)26(17)11-13/h2-8,13-14,22H,9-12H2,1H3/t13-,14+/m0/s1. The van der Waals surface area contributed by atoms with Gasteiger partial charge in [-0.05, 0) is 24.5 Å². The number of aromatic nitrogens is 2. The third-order valence-electron chi connectivity index (χ3n) is 5.80. The lowest BCUT2D eigenvalue weighted by Gasteiger charge is -2.40. The van der Waals surface area contributed by atoms with E-state index in [0.29, 0.717) is 30.4 Å².